The highest BCUT2D eigenvalue weighted by Crippen LogP contribution is 2.34. The summed E-state index contributed by atoms with van der Waals surface area (Å²) in [6, 6.07) is 5.21. The predicted octanol–water partition coefficient (Wildman–Crippen LogP) is 5.27. The molecule has 0 unspecified atom stereocenters. The van der Waals surface area contributed by atoms with Crippen LogP contribution in [-0.4, -0.2) is 44.0 Å². The molecule has 1 saturated heterocycles. The van der Waals surface area contributed by atoms with E-state index in [0.29, 0.717) is 5.56 Å². The fraction of sp³-hybridized carbons (Fsp3) is 0.700. The molecular formula is C20H31F3N2O. The fourth-order valence-corrected chi connectivity index (χ4v) is 3.36. The first-order valence-corrected chi connectivity index (χ1v) is 9.52. The molecule has 0 atom stereocenters. The largest absolute Gasteiger partial charge is 0.573 e. The Balaban J connectivity index is 2.00. The van der Waals surface area contributed by atoms with E-state index in [2.05, 4.69) is 28.4 Å². The highest BCUT2D eigenvalue weighted by Gasteiger charge is 2.32. The summed E-state index contributed by atoms with van der Waals surface area (Å²) in [7, 11) is 0. The van der Waals surface area contributed by atoms with Gasteiger partial charge in [-0.2, -0.15) is 0 Å². The molecule has 0 saturated carbocycles. The van der Waals surface area contributed by atoms with Gasteiger partial charge < -0.3 is 9.64 Å². The average Bonchev–Trinajstić information content (AvgIpc) is 2.53. The van der Waals surface area contributed by atoms with Gasteiger partial charge in [0.15, 0.2) is 0 Å². The summed E-state index contributed by atoms with van der Waals surface area (Å²) in [6.07, 6.45) is -2.24. The van der Waals surface area contributed by atoms with Gasteiger partial charge in [0.25, 0.3) is 0 Å². The Morgan fingerprint density at radius 1 is 1.04 bits per heavy atom. The number of hydrogen-bond acceptors (Lipinski definition) is 3. The number of alkyl halides is 3. The van der Waals surface area contributed by atoms with Gasteiger partial charge in [-0.25, -0.2) is 0 Å². The van der Waals surface area contributed by atoms with Crippen molar-refractivity contribution in [1.82, 2.24) is 4.90 Å². The third-order valence-corrected chi connectivity index (χ3v) is 4.84. The number of halogens is 3. The highest BCUT2D eigenvalue weighted by atomic mass is 19.4. The summed E-state index contributed by atoms with van der Waals surface area (Å²) in [5.74, 6) is 0.617. The number of nitrogens with zero attached hydrogens (tertiary/aromatic N) is 2. The lowest BCUT2D eigenvalue weighted by atomic mass is 10.0. The Morgan fingerprint density at radius 3 is 2.23 bits per heavy atom. The summed E-state index contributed by atoms with van der Waals surface area (Å²) >= 11 is 0. The van der Waals surface area contributed by atoms with Crippen molar-refractivity contribution in [3.63, 3.8) is 0 Å². The molecule has 3 nitrogen and oxygen atoms in total. The Bertz CT molecular complexity index is 565. The number of benzene rings is 1. The zero-order valence-corrected chi connectivity index (χ0v) is 16.3. The molecule has 1 heterocycles. The minimum Gasteiger partial charge on any atom is -0.405 e. The minimum absolute atomic E-state index is 0.0285. The van der Waals surface area contributed by atoms with Crippen molar-refractivity contribution in [3.8, 4) is 5.75 Å². The zero-order chi connectivity index (χ0) is 19.3. The summed E-state index contributed by atoms with van der Waals surface area (Å²) in [5, 5.41) is 0. The third-order valence-electron chi connectivity index (χ3n) is 4.84. The van der Waals surface area contributed by atoms with E-state index >= 15 is 0 Å². The van der Waals surface area contributed by atoms with E-state index in [-0.39, 0.29) is 11.7 Å². The fourth-order valence-electron chi connectivity index (χ4n) is 3.36. The van der Waals surface area contributed by atoms with Crippen molar-refractivity contribution < 1.29 is 17.9 Å². The molecule has 1 aliphatic heterocycles. The smallest absolute Gasteiger partial charge is 0.405 e. The van der Waals surface area contributed by atoms with Crippen molar-refractivity contribution in [3.05, 3.63) is 23.8 Å². The van der Waals surface area contributed by atoms with Gasteiger partial charge in [-0.1, -0.05) is 33.8 Å². The number of hydrogen-bond donors (Lipinski definition) is 0. The van der Waals surface area contributed by atoms with Gasteiger partial charge in [-0.05, 0) is 42.9 Å². The molecule has 0 aliphatic carbocycles. The average molecular weight is 372 g/mol. The lowest BCUT2D eigenvalue weighted by Crippen LogP contribution is -2.46. The molecule has 1 aromatic carbocycles. The van der Waals surface area contributed by atoms with Gasteiger partial charge in [-0.15, -0.1) is 13.2 Å². The van der Waals surface area contributed by atoms with Crippen LogP contribution in [0.15, 0.2) is 18.2 Å². The van der Waals surface area contributed by atoms with Gasteiger partial charge in [0.05, 0.1) is 0 Å². The second kappa shape index (κ2) is 8.98. The van der Waals surface area contributed by atoms with Crippen LogP contribution in [0, 0.1) is 5.92 Å². The molecule has 2 rings (SSSR count). The van der Waals surface area contributed by atoms with Crippen LogP contribution < -0.4 is 9.64 Å². The van der Waals surface area contributed by atoms with Gasteiger partial charge in [-0.3, -0.25) is 4.90 Å². The number of ether oxygens (including phenoxy) is 1. The molecule has 0 aromatic heterocycles. The first-order valence-electron chi connectivity index (χ1n) is 9.52. The van der Waals surface area contributed by atoms with Crippen LogP contribution in [0.2, 0.25) is 0 Å². The second-order valence-electron chi connectivity index (χ2n) is 7.79. The molecule has 0 bridgehead atoms. The second-order valence-corrected chi connectivity index (χ2v) is 7.79. The molecule has 1 aromatic rings. The Labute approximate surface area is 155 Å². The van der Waals surface area contributed by atoms with E-state index in [0.717, 1.165) is 44.3 Å². The van der Waals surface area contributed by atoms with Crippen LogP contribution >= 0.6 is 0 Å². The molecule has 1 aliphatic rings. The van der Waals surface area contributed by atoms with Crippen molar-refractivity contribution in [2.75, 3.05) is 37.6 Å². The van der Waals surface area contributed by atoms with Crippen molar-refractivity contribution >= 4 is 5.69 Å². The zero-order valence-electron chi connectivity index (χ0n) is 16.3. The maximum atomic E-state index is 12.7. The molecule has 148 valence electrons. The SMILES string of the molecule is CC(C)CCCN1CCN(c2ccc(C(C)C)c(OC(F)(F)F)c2)CC1. The quantitative estimate of drug-likeness (QED) is 0.649. The molecular weight excluding hydrogens is 341 g/mol. The molecule has 1 fully saturated rings. The third kappa shape index (κ3) is 6.38. The van der Waals surface area contributed by atoms with E-state index < -0.39 is 6.36 Å². The van der Waals surface area contributed by atoms with Crippen molar-refractivity contribution in [2.24, 2.45) is 5.92 Å². The molecule has 0 radical (unpaired) electrons. The maximum Gasteiger partial charge on any atom is 0.573 e. The van der Waals surface area contributed by atoms with Crippen LogP contribution in [-0.2, 0) is 0 Å². The van der Waals surface area contributed by atoms with Gasteiger partial charge >= 0.3 is 6.36 Å². The summed E-state index contributed by atoms with van der Waals surface area (Å²) in [6.45, 7) is 12.9. The monoisotopic (exact) mass is 372 g/mol. The predicted molar refractivity (Wildman–Crippen MR) is 99.9 cm³/mol. The van der Waals surface area contributed by atoms with Crippen LogP contribution in [0.3, 0.4) is 0 Å². The molecule has 0 amide bonds. The van der Waals surface area contributed by atoms with Crippen molar-refractivity contribution in [1.29, 1.82) is 0 Å². The lowest BCUT2D eigenvalue weighted by molar-refractivity contribution is -0.274. The van der Waals surface area contributed by atoms with Crippen LogP contribution in [0.4, 0.5) is 18.9 Å². The molecule has 0 N–H and O–H groups in total. The normalized spacial score (nSPS) is 16.6. The van der Waals surface area contributed by atoms with E-state index in [1.54, 1.807) is 6.07 Å². The Morgan fingerprint density at radius 2 is 1.69 bits per heavy atom. The standard InChI is InChI=1S/C20H31F3N2O/c1-15(2)6-5-9-24-10-12-25(13-11-24)17-7-8-18(16(3)4)19(14-17)26-20(21,22)23/h7-8,14-16H,5-6,9-13H2,1-4H3. The minimum atomic E-state index is -4.67. The Hall–Kier alpha value is -1.43. The van der Waals surface area contributed by atoms with E-state index in [1.165, 1.54) is 18.9 Å². The molecule has 0 spiro atoms. The van der Waals surface area contributed by atoms with Gasteiger partial charge in [0.2, 0.25) is 0 Å². The Kier molecular flexibility index (Phi) is 7.21. The van der Waals surface area contributed by atoms with E-state index in [9.17, 15) is 13.2 Å². The van der Waals surface area contributed by atoms with Crippen LogP contribution in [0.5, 0.6) is 5.75 Å². The van der Waals surface area contributed by atoms with Gasteiger partial charge in [0, 0.05) is 37.9 Å². The van der Waals surface area contributed by atoms with E-state index in [1.807, 2.05) is 19.9 Å². The van der Waals surface area contributed by atoms with E-state index in [4.69, 9.17) is 0 Å². The number of piperazine rings is 1. The number of rotatable bonds is 7. The van der Waals surface area contributed by atoms with Crippen molar-refractivity contribution in [2.45, 2.75) is 52.8 Å². The molecule has 26 heavy (non-hydrogen) atoms. The van der Waals surface area contributed by atoms with Crippen LogP contribution in [0.25, 0.3) is 0 Å². The summed E-state index contributed by atoms with van der Waals surface area (Å²) in [5.41, 5.74) is 1.38. The summed E-state index contributed by atoms with van der Waals surface area (Å²) < 4.78 is 42.5. The highest BCUT2D eigenvalue weighted by molar-refractivity contribution is 5.55. The maximum absolute atomic E-state index is 12.7. The summed E-state index contributed by atoms with van der Waals surface area (Å²) in [4.78, 5) is 4.58. The number of anilines is 1. The van der Waals surface area contributed by atoms with Gasteiger partial charge in [0.1, 0.15) is 5.75 Å². The first-order chi connectivity index (χ1) is 12.2. The topological polar surface area (TPSA) is 15.7 Å². The van der Waals surface area contributed by atoms with Crippen LogP contribution in [0.1, 0.15) is 52.0 Å². The molecule has 6 heteroatoms. The first kappa shape index (κ1) is 20.9. The lowest BCUT2D eigenvalue weighted by Gasteiger charge is -2.36.